The van der Waals surface area contributed by atoms with Crippen molar-refractivity contribution in [3.8, 4) is 11.5 Å². The minimum atomic E-state index is -0.270. The first kappa shape index (κ1) is 25.5. The van der Waals surface area contributed by atoms with Crippen LogP contribution in [0.3, 0.4) is 0 Å². The number of amides is 1. The van der Waals surface area contributed by atoms with E-state index in [1.165, 1.54) is 12.1 Å². The van der Waals surface area contributed by atoms with Gasteiger partial charge in [-0.15, -0.1) is 24.0 Å². The van der Waals surface area contributed by atoms with E-state index in [0.717, 1.165) is 11.1 Å². The van der Waals surface area contributed by atoms with Crippen LogP contribution in [0.4, 0.5) is 4.39 Å². The second-order valence-electron chi connectivity index (χ2n) is 6.14. The zero-order chi connectivity index (χ0) is 21.1. The lowest BCUT2D eigenvalue weighted by molar-refractivity contribution is -0.123. The summed E-state index contributed by atoms with van der Waals surface area (Å²) in [5, 5.41) is 9.01. The summed E-state index contributed by atoms with van der Waals surface area (Å²) in [6, 6.07) is 11.9. The summed E-state index contributed by atoms with van der Waals surface area (Å²) >= 11 is 0. The predicted octanol–water partition coefficient (Wildman–Crippen LogP) is 2.83. The van der Waals surface area contributed by atoms with E-state index in [-0.39, 0.29) is 42.3 Å². The SMILES string of the molecule is CCNC(=O)COc1ccc(CNC(=NC)NCc2cccc(F)c2)cc1OC.I. The largest absolute Gasteiger partial charge is 0.493 e. The van der Waals surface area contributed by atoms with E-state index in [1.807, 2.05) is 25.1 Å². The van der Waals surface area contributed by atoms with Crippen LogP contribution in [0, 0.1) is 5.82 Å². The van der Waals surface area contributed by atoms with E-state index in [0.29, 0.717) is 37.1 Å². The number of nitrogens with one attached hydrogen (secondary N) is 3. The molecule has 0 bridgehead atoms. The number of hydrogen-bond acceptors (Lipinski definition) is 4. The number of carbonyl (C=O) groups excluding carboxylic acids is 1. The lowest BCUT2D eigenvalue weighted by Gasteiger charge is -2.14. The van der Waals surface area contributed by atoms with Gasteiger partial charge in [0.05, 0.1) is 7.11 Å². The molecular formula is C21H28FIN4O3. The summed E-state index contributed by atoms with van der Waals surface area (Å²) in [6.45, 7) is 3.28. The maximum atomic E-state index is 13.3. The monoisotopic (exact) mass is 530 g/mol. The molecule has 30 heavy (non-hydrogen) atoms. The third-order valence-corrected chi connectivity index (χ3v) is 3.99. The minimum absolute atomic E-state index is 0. The average Bonchev–Trinajstić information content (AvgIpc) is 2.73. The highest BCUT2D eigenvalue weighted by molar-refractivity contribution is 14.0. The fourth-order valence-corrected chi connectivity index (χ4v) is 2.57. The number of likely N-dealkylation sites (N-methyl/N-ethyl adjacent to an activating group) is 1. The van der Waals surface area contributed by atoms with E-state index >= 15 is 0 Å². The number of benzene rings is 2. The number of guanidine groups is 1. The Morgan fingerprint density at radius 3 is 2.33 bits per heavy atom. The van der Waals surface area contributed by atoms with Crippen LogP contribution in [-0.4, -0.2) is 39.2 Å². The molecular weight excluding hydrogens is 502 g/mol. The summed E-state index contributed by atoms with van der Waals surface area (Å²) in [6.07, 6.45) is 0. The van der Waals surface area contributed by atoms with Gasteiger partial charge in [-0.25, -0.2) is 4.39 Å². The highest BCUT2D eigenvalue weighted by Gasteiger charge is 2.09. The molecule has 2 rings (SSSR count). The first-order valence-corrected chi connectivity index (χ1v) is 9.31. The number of methoxy groups -OCH3 is 1. The molecule has 7 nitrogen and oxygen atoms in total. The maximum Gasteiger partial charge on any atom is 0.257 e. The van der Waals surface area contributed by atoms with Gasteiger partial charge in [0, 0.05) is 26.7 Å². The van der Waals surface area contributed by atoms with E-state index in [2.05, 4.69) is 20.9 Å². The summed E-state index contributed by atoms with van der Waals surface area (Å²) in [5.74, 6) is 1.17. The van der Waals surface area contributed by atoms with Gasteiger partial charge in [-0.05, 0) is 42.3 Å². The zero-order valence-electron chi connectivity index (χ0n) is 17.3. The first-order valence-electron chi connectivity index (χ1n) is 9.31. The molecule has 3 N–H and O–H groups in total. The fourth-order valence-electron chi connectivity index (χ4n) is 2.57. The Labute approximate surface area is 193 Å². The van der Waals surface area contributed by atoms with Gasteiger partial charge in [-0.1, -0.05) is 18.2 Å². The van der Waals surface area contributed by atoms with Gasteiger partial charge in [-0.2, -0.15) is 0 Å². The van der Waals surface area contributed by atoms with Gasteiger partial charge < -0.3 is 25.4 Å². The van der Waals surface area contributed by atoms with Crippen LogP contribution in [-0.2, 0) is 17.9 Å². The molecule has 0 aliphatic carbocycles. The molecule has 0 atom stereocenters. The molecule has 2 aromatic carbocycles. The molecule has 9 heteroatoms. The summed E-state index contributed by atoms with van der Waals surface area (Å²) < 4.78 is 24.1. The number of hydrogen-bond donors (Lipinski definition) is 3. The molecule has 0 fully saturated rings. The van der Waals surface area contributed by atoms with Crippen LogP contribution in [0.25, 0.3) is 0 Å². The third-order valence-electron chi connectivity index (χ3n) is 3.99. The standard InChI is InChI=1S/C21H27FN4O3.HI/c1-4-24-20(27)14-29-18-9-8-16(11-19(18)28-3)13-26-21(23-2)25-12-15-6-5-7-17(22)10-15;/h5-11H,4,12-14H2,1-3H3,(H,24,27)(H2,23,25,26);1H. The van der Waals surface area contributed by atoms with Crippen LogP contribution in [0.2, 0.25) is 0 Å². The molecule has 2 aromatic rings. The number of halogens is 2. The van der Waals surface area contributed by atoms with E-state index in [1.54, 1.807) is 26.3 Å². The van der Waals surface area contributed by atoms with Crippen LogP contribution in [0.5, 0.6) is 11.5 Å². The van der Waals surface area contributed by atoms with E-state index in [4.69, 9.17) is 9.47 Å². The quantitative estimate of drug-likeness (QED) is 0.264. The molecule has 0 spiro atoms. The van der Waals surface area contributed by atoms with Crippen molar-refractivity contribution in [3.63, 3.8) is 0 Å². The molecule has 164 valence electrons. The Morgan fingerprint density at radius 2 is 1.73 bits per heavy atom. The minimum Gasteiger partial charge on any atom is -0.493 e. The van der Waals surface area contributed by atoms with Gasteiger partial charge in [0.25, 0.3) is 5.91 Å². The lowest BCUT2D eigenvalue weighted by atomic mass is 10.2. The topological polar surface area (TPSA) is 84.0 Å². The Morgan fingerprint density at radius 1 is 1.03 bits per heavy atom. The molecule has 0 aromatic heterocycles. The van der Waals surface area contributed by atoms with Crippen LogP contribution >= 0.6 is 24.0 Å². The van der Waals surface area contributed by atoms with Crippen molar-refractivity contribution in [1.82, 2.24) is 16.0 Å². The van der Waals surface area contributed by atoms with Crippen molar-refractivity contribution >= 4 is 35.8 Å². The van der Waals surface area contributed by atoms with Gasteiger partial charge in [0.1, 0.15) is 5.82 Å². The lowest BCUT2D eigenvalue weighted by Crippen LogP contribution is -2.36. The van der Waals surface area contributed by atoms with Crippen molar-refractivity contribution in [1.29, 1.82) is 0 Å². The molecule has 0 saturated heterocycles. The molecule has 0 aliphatic rings. The summed E-state index contributed by atoms with van der Waals surface area (Å²) in [5.41, 5.74) is 1.77. The van der Waals surface area contributed by atoms with Crippen molar-refractivity contribution in [3.05, 3.63) is 59.4 Å². The van der Waals surface area contributed by atoms with E-state index < -0.39 is 0 Å². The van der Waals surface area contributed by atoms with Crippen molar-refractivity contribution in [2.75, 3.05) is 27.3 Å². The number of ether oxygens (including phenoxy) is 2. The Hall–Kier alpha value is -2.56. The Kier molecular flexibility index (Phi) is 11.6. The maximum absolute atomic E-state index is 13.3. The zero-order valence-corrected chi connectivity index (χ0v) is 19.7. The molecule has 0 saturated carbocycles. The number of carbonyl (C=O) groups is 1. The second-order valence-corrected chi connectivity index (χ2v) is 6.14. The van der Waals surface area contributed by atoms with Crippen LogP contribution in [0.1, 0.15) is 18.1 Å². The predicted molar refractivity (Wildman–Crippen MR) is 126 cm³/mol. The van der Waals surface area contributed by atoms with Crippen molar-refractivity contribution < 1.29 is 18.7 Å². The van der Waals surface area contributed by atoms with Crippen LogP contribution in [0.15, 0.2) is 47.5 Å². The summed E-state index contributed by atoms with van der Waals surface area (Å²) in [4.78, 5) is 15.7. The molecule has 0 heterocycles. The van der Waals surface area contributed by atoms with Crippen LogP contribution < -0.4 is 25.4 Å². The number of nitrogens with zero attached hydrogens (tertiary/aromatic N) is 1. The van der Waals surface area contributed by atoms with Gasteiger partial charge in [0.15, 0.2) is 24.1 Å². The first-order chi connectivity index (χ1) is 14.0. The third kappa shape index (κ3) is 8.44. The highest BCUT2D eigenvalue weighted by Crippen LogP contribution is 2.28. The average molecular weight is 530 g/mol. The van der Waals surface area contributed by atoms with Gasteiger partial charge >= 0.3 is 0 Å². The molecule has 0 radical (unpaired) electrons. The highest BCUT2D eigenvalue weighted by atomic mass is 127. The second kappa shape index (κ2) is 13.6. The van der Waals surface area contributed by atoms with Gasteiger partial charge in [-0.3, -0.25) is 9.79 Å². The fraction of sp³-hybridized carbons (Fsp3) is 0.333. The van der Waals surface area contributed by atoms with Crippen molar-refractivity contribution in [2.24, 2.45) is 4.99 Å². The normalized spacial score (nSPS) is 10.6. The molecule has 0 unspecified atom stereocenters. The molecule has 0 aliphatic heterocycles. The van der Waals surface area contributed by atoms with Crippen molar-refractivity contribution in [2.45, 2.75) is 20.0 Å². The summed E-state index contributed by atoms with van der Waals surface area (Å²) in [7, 11) is 3.21. The Balaban J connectivity index is 0.00000450. The Bertz CT molecular complexity index is 849. The van der Waals surface area contributed by atoms with E-state index in [9.17, 15) is 9.18 Å². The van der Waals surface area contributed by atoms with Gasteiger partial charge in [0.2, 0.25) is 0 Å². The molecule has 1 amide bonds. The number of aliphatic imine (C=N–C) groups is 1. The smallest absolute Gasteiger partial charge is 0.257 e. The number of rotatable bonds is 9.